The molecule has 0 bridgehead atoms. The SMILES string of the molecule is CC(C)OCCS(=O)(=O)NC1CCNCC1C. The third kappa shape index (κ3) is 5.81. The molecule has 1 aliphatic heterocycles. The van der Waals surface area contributed by atoms with Gasteiger partial charge in [-0.25, -0.2) is 13.1 Å². The Morgan fingerprint density at radius 1 is 1.47 bits per heavy atom. The highest BCUT2D eigenvalue weighted by molar-refractivity contribution is 7.89. The Kier molecular flexibility index (Phi) is 5.85. The van der Waals surface area contributed by atoms with Crippen molar-refractivity contribution in [2.75, 3.05) is 25.4 Å². The van der Waals surface area contributed by atoms with E-state index in [0.29, 0.717) is 5.92 Å². The minimum Gasteiger partial charge on any atom is -0.378 e. The zero-order valence-corrected chi connectivity index (χ0v) is 11.7. The van der Waals surface area contributed by atoms with E-state index < -0.39 is 10.0 Å². The largest absolute Gasteiger partial charge is 0.378 e. The molecular formula is C11H24N2O3S. The maximum Gasteiger partial charge on any atom is 0.214 e. The summed E-state index contributed by atoms with van der Waals surface area (Å²) >= 11 is 0. The van der Waals surface area contributed by atoms with Gasteiger partial charge >= 0.3 is 0 Å². The van der Waals surface area contributed by atoms with Gasteiger partial charge in [-0.3, -0.25) is 0 Å². The highest BCUT2D eigenvalue weighted by Gasteiger charge is 2.25. The van der Waals surface area contributed by atoms with Crippen LogP contribution in [0.2, 0.25) is 0 Å². The molecule has 2 atom stereocenters. The maximum atomic E-state index is 11.8. The predicted molar refractivity (Wildman–Crippen MR) is 68.4 cm³/mol. The van der Waals surface area contributed by atoms with Gasteiger partial charge in [0, 0.05) is 6.04 Å². The fourth-order valence-electron chi connectivity index (χ4n) is 1.87. The molecule has 0 radical (unpaired) electrons. The summed E-state index contributed by atoms with van der Waals surface area (Å²) in [5, 5.41) is 3.25. The number of ether oxygens (including phenoxy) is 1. The molecule has 0 aromatic carbocycles. The molecule has 0 saturated carbocycles. The van der Waals surface area contributed by atoms with Crippen LogP contribution in [0.3, 0.4) is 0 Å². The Morgan fingerprint density at radius 2 is 2.18 bits per heavy atom. The normalized spacial score (nSPS) is 26.4. The van der Waals surface area contributed by atoms with Crippen LogP contribution in [0.5, 0.6) is 0 Å². The quantitative estimate of drug-likeness (QED) is 0.725. The molecule has 0 aromatic heterocycles. The number of rotatable bonds is 6. The first kappa shape index (κ1) is 14.9. The second kappa shape index (κ2) is 6.68. The van der Waals surface area contributed by atoms with Crippen molar-refractivity contribution in [3.63, 3.8) is 0 Å². The van der Waals surface area contributed by atoms with Crippen molar-refractivity contribution < 1.29 is 13.2 Å². The monoisotopic (exact) mass is 264 g/mol. The molecule has 1 fully saturated rings. The Balaban J connectivity index is 2.37. The molecule has 1 heterocycles. The topological polar surface area (TPSA) is 67.4 Å². The molecule has 2 N–H and O–H groups in total. The zero-order chi connectivity index (χ0) is 12.9. The van der Waals surface area contributed by atoms with Gasteiger partial charge in [-0.1, -0.05) is 6.92 Å². The number of hydrogen-bond acceptors (Lipinski definition) is 4. The summed E-state index contributed by atoms with van der Waals surface area (Å²) in [7, 11) is -3.21. The fourth-order valence-corrected chi connectivity index (χ4v) is 3.12. The molecule has 17 heavy (non-hydrogen) atoms. The smallest absolute Gasteiger partial charge is 0.214 e. The van der Waals surface area contributed by atoms with Gasteiger partial charge in [0.25, 0.3) is 0 Å². The molecule has 1 saturated heterocycles. The van der Waals surface area contributed by atoms with Crippen molar-refractivity contribution in [1.82, 2.24) is 10.0 Å². The highest BCUT2D eigenvalue weighted by Crippen LogP contribution is 2.11. The van der Waals surface area contributed by atoms with Crippen molar-refractivity contribution in [2.45, 2.75) is 39.3 Å². The summed E-state index contributed by atoms with van der Waals surface area (Å²) in [6, 6.07) is 0.0558. The molecule has 0 aliphatic carbocycles. The van der Waals surface area contributed by atoms with E-state index in [4.69, 9.17) is 4.74 Å². The minimum absolute atomic E-state index is 0.0435. The fraction of sp³-hybridized carbons (Fsp3) is 1.00. The summed E-state index contributed by atoms with van der Waals surface area (Å²) < 4.78 is 31.7. The molecule has 0 spiro atoms. The average Bonchev–Trinajstić information content (AvgIpc) is 2.20. The molecule has 2 unspecified atom stereocenters. The third-order valence-electron chi connectivity index (χ3n) is 2.92. The van der Waals surface area contributed by atoms with Crippen LogP contribution in [-0.2, 0) is 14.8 Å². The molecular weight excluding hydrogens is 240 g/mol. The van der Waals surface area contributed by atoms with Crippen molar-refractivity contribution in [1.29, 1.82) is 0 Å². The van der Waals surface area contributed by atoms with Crippen molar-refractivity contribution >= 4 is 10.0 Å². The van der Waals surface area contributed by atoms with E-state index in [1.165, 1.54) is 0 Å². The van der Waals surface area contributed by atoms with Crippen molar-refractivity contribution in [2.24, 2.45) is 5.92 Å². The number of piperidine rings is 1. The van der Waals surface area contributed by atoms with E-state index in [2.05, 4.69) is 17.0 Å². The van der Waals surface area contributed by atoms with E-state index in [0.717, 1.165) is 19.5 Å². The van der Waals surface area contributed by atoms with Crippen LogP contribution < -0.4 is 10.0 Å². The number of sulfonamides is 1. The summed E-state index contributed by atoms with van der Waals surface area (Å²) in [5.74, 6) is 0.381. The molecule has 6 heteroatoms. The Morgan fingerprint density at radius 3 is 2.76 bits per heavy atom. The number of hydrogen-bond donors (Lipinski definition) is 2. The standard InChI is InChI=1S/C11H24N2O3S/c1-9(2)16-6-7-17(14,15)13-11-4-5-12-8-10(11)3/h9-13H,4-8H2,1-3H3. The Labute approximate surface area is 104 Å². The van der Waals surface area contributed by atoms with E-state index in [-0.39, 0.29) is 24.5 Å². The average molecular weight is 264 g/mol. The van der Waals surface area contributed by atoms with E-state index >= 15 is 0 Å². The van der Waals surface area contributed by atoms with Crippen LogP contribution in [0.15, 0.2) is 0 Å². The van der Waals surface area contributed by atoms with Gasteiger partial charge in [0.1, 0.15) is 0 Å². The summed E-state index contributed by atoms with van der Waals surface area (Å²) in [4.78, 5) is 0. The minimum atomic E-state index is -3.21. The van der Waals surface area contributed by atoms with Crippen LogP contribution in [0.25, 0.3) is 0 Å². The van der Waals surface area contributed by atoms with Gasteiger partial charge in [-0.05, 0) is 39.3 Å². The van der Waals surface area contributed by atoms with Crippen molar-refractivity contribution in [3.05, 3.63) is 0 Å². The number of nitrogens with one attached hydrogen (secondary N) is 2. The Hall–Kier alpha value is -0.170. The summed E-state index contributed by atoms with van der Waals surface area (Å²) in [5.41, 5.74) is 0. The van der Waals surface area contributed by atoms with Gasteiger partial charge in [-0.15, -0.1) is 0 Å². The van der Waals surface area contributed by atoms with Gasteiger partial charge in [0.05, 0.1) is 18.5 Å². The van der Waals surface area contributed by atoms with E-state index in [1.54, 1.807) is 0 Å². The highest BCUT2D eigenvalue weighted by atomic mass is 32.2. The van der Waals surface area contributed by atoms with Crippen LogP contribution in [0.1, 0.15) is 27.2 Å². The Bertz CT molecular complexity index is 317. The maximum absolute atomic E-state index is 11.8. The van der Waals surface area contributed by atoms with Crippen LogP contribution in [-0.4, -0.2) is 46.0 Å². The molecule has 5 nitrogen and oxygen atoms in total. The second-order valence-electron chi connectivity index (χ2n) is 4.93. The van der Waals surface area contributed by atoms with E-state index in [9.17, 15) is 8.42 Å². The lowest BCUT2D eigenvalue weighted by Crippen LogP contribution is -2.49. The van der Waals surface area contributed by atoms with Crippen LogP contribution >= 0.6 is 0 Å². The first-order valence-electron chi connectivity index (χ1n) is 6.23. The van der Waals surface area contributed by atoms with Gasteiger partial charge < -0.3 is 10.1 Å². The molecule has 102 valence electrons. The van der Waals surface area contributed by atoms with Gasteiger partial charge in [-0.2, -0.15) is 0 Å². The summed E-state index contributed by atoms with van der Waals surface area (Å²) in [6.07, 6.45) is 0.925. The zero-order valence-electron chi connectivity index (χ0n) is 10.9. The predicted octanol–water partition coefficient (Wildman–Crippen LogP) is 0.329. The lowest BCUT2D eigenvalue weighted by atomic mass is 9.97. The van der Waals surface area contributed by atoms with E-state index in [1.807, 2.05) is 13.8 Å². The third-order valence-corrected chi connectivity index (χ3v) is 4.29. The molecule has 0 aromatic rings. The molecule has 1 rings (SSSR count). The second-order valence-corrected chi connectivity index (χ2v) is 6.81. The van der Waals surface area contributed by atoms with Gasteiger partial charge in [0.15, 0.2) is 0 Å². The lowest BCUT2D eigenvalue weighted by molar-refractivity contribution is 0.0910. The first-order chi connectivity index (χ1) is 7.91. The van der Waals surface area contributed by atoms with Crippen LogP contribution in [0.4, 0.5) is 0 Å². The molecule has 0 amide bonds. The van der Waals surface area contributed by atoms with Gasteiger partial charge in [0.2, 0.25) is 10.0 Å². The lowest BCUT2D eigenvalue weighted by Gasteiger charge is -2.29. The molecule has 1 aliphatic rings. The summed E-state index contributed by atoms with van der Waals surface area (Å²) in [6.45, 7) is 7.86. The van der Waals surface area contributed by atoms with Crippen molar-refractivity contribution in [3.8, 4) is 0 Å². The van der Waals surface area contributed by atoms with Crippen LogP contribution in [0, 0.1) is 5.92 Å². The first-order valence-corrected chi connectivity index (χ1v) is 7.88.